The molecule has 2 heteroatoms. The highest BCUT2D eigenvalue weighted by Gasteiger charge is 2.41. The van der Waals surface area contributed by atoms with Gasteiger partial charge in [-0.1, -0.05) is 32.0 Å². The van der Waals surface area contributed by atoms with E-state index in [0.29, 0.717) is 23.6 Å². The molecule has 0 spiro atoms. The summed E-state index contributed by atoms with van der Waals surface area (Å²) in [5, 5.41) is 13.9. The Morgan fingerprint density at radius 1 is 1.14 bits per heavy atom. The van der Waals surface area contributed by atoms with Crippen LogP contribution in [0.4, 0.5) is 5.69 Å². The van der Waals surface area contributed by atoms with Gasteiger partial charge in [-0.3, -0.25) is 0 Å². The summed E-state index contributed by atoms with van der Waals surface area (Å²) in [5.41, 5.74) is 8.90. The molecule has 4 rings (SSSR count). The second-order valence-corrected chi connectivity index (χ2v) is 7.17. The fraction of sp³-hybridized carbons (Fsp3) is 0.400. The first-order valence-electron chi connectivity index (χ1n) is 8.19. The number of fused-ring (bicyclic) bond motifs is 5. The molecule has 22 heavy (non-hydrogen) atoms. The van der Waals surface area contributed by atoms with Crippen molar-refractivity contribution in [2.24, 2.45) is 0 Å². The molecule has 0 bridgehead atoms. The number of benzene rings is 2. The average molecular weight is 293 g/mol. The molecular formula is C20H23NO. The quantitative estimate of drug-likeness (QED) is 0.780. The van der Waals surface area contributed by atoms with Crippen molar-refractivity contribution in [3.63, 3.8) is 0 Å². The maximum absolute atomic E-state index is 10.2. The second-order valence-electron chi connectivity index (χ2n) is 7.17. The normalized spacial score (nSPS) is 21.5. The topological polar surface area (TPSA) is 32.3 Å². The van der Waals surface area contributed by atoms with Crippen molar-refractivity contribution < 1.29 is 5.11 Å². The fourth-order valence-electron chi connectivity index (χ4n) is 4.16. The van der Waals surface area contributed by atoms with E-state index in [-0.39, 0.29) is 0 Å². The number of phenolic OH excluding ortho intramolecular Hbond substituents is 1. The van der Waals surface area contributed by atoms with Gasteiger partial charge < -0.3 is 10.4 Å². The molecule has 0 saturated heterocycles. The summed E-state index contributed by atoms with van der Waals surface area (Å²) in [6, 6.07) is 9.40. The first-order chi connectivity index (χ1) is 10.5. The standard InChI is InChI=1S/C20H23NO/c1-10(2)13-5-6-18-15(8-13)17-9-14-12(4)20(22)11(3)7-16(14)19(17)21-18/h5-8,10,17,19,21-22H,9H2,1-4H3/t17-,19-/m1/s1. The molecule has 1 aliphatic carbocycles. The van der Waals surface area contributed by atoms with Crippen LogP contribution in [0.5, 0.6) is 5.75 Å². The van der Waals surface area contributed by atoms with Gasteiger partial charge in [0.05, 0.1) is 6.04 Å². The summed E-state index contributed by atoms with van der Waals surface area (Å²) in [6.07, 6.45) is 1.03. The van der Waals surface area contributed by atoms with Gasteiger partial charge in [0.2, 0.25) is 0 Å². The lowest BCUT2D eigenvalue weighted by molar-refractivity contribution is 0.466. The predicted octanol–water partition coefficient (Wildman–Crippen LogP) is 4.94. The number of nitrogens with one attached hydrogen (secondary N) is 1. The van der Waals surface area contributed by atoms with Gasteiger partial charge in [0, 0.05) is 11.6 Å². The van der Waals surface area contributed by atoms with E-state index in [1.165, 1.54) is 27.9 Å². The van der Waals surface area contributed by atoms with Crippen LogP contribution in [-0.2, 0) is 6.42 Å². The molecule has 0 aromatic heterocycles. The van der Waals surface area contributed by atoms with Crippen molar-refractivity contribution in [3.8, 4) is 5.75 Å². The fourth-order valence-corrected chi connectivity index (χ4v) is 4.16. The van der Waals surface area contributed by atoms with Gasteiger partial charge in [-0.25, -0.2) is 0 Å². The van der Waals surface area contributed by atoms with E-state index in [1.807, 2.05) is 13.8 Å². The zero-order valence-electron chi connectivity index (χ0n) is 13.7. The summed E-state index contributed by atoms with van der Waals surface area (Å²) >= 11 is 0. The first kappa shape index (κ1) is 13.7. The summed E-state index contributed by atoms with van der Waals surface area (Å²) in [5.74, 6) is 1.53. The third kappa shape index (κ3) is 1.73. The molecule has 1 heterocycles. The molecule has 0 amide bonds. The summed E-state index contributed by atoms with van der Waals surface area (Å²) in [6.45, 7) is 8.54. The molecular weight excluding hydrogens is 270 g/mol. The van der Waals surface area contributed by atoms with Gasteiger partial charge in [0.25, 0.3) is 0 Å². The van der Waals surface area contributed by atoms with E-state index in [2.05, 4.69) is 43.4 Å². The number of hydrogen-bond acceptors (Lipinski definition) is 2. The lowest BCUT2D eigenvalue weighted by Gasteiger charge is -2.14. The zero-order valence-corrected chi connectivity index (χ0v) is 13.7. The van der Waals surface area contributed by atoms with E-state index in [4.69, 9.17) is 0 Å². The summed E-state index contributed by atoms with van der Waals surface area (Å²) in [7, 11) is 0. The Hall–Kier alpha value is -1.96. The molecule has 2 aromatic rings. The molecule has 2 atom stereocenters. The van der Waals surface area contributed by atoms with Crippen molar-refractivity contribution in [1.29, 1.82) is 0 Å². The van der Waals surface area contributed by atoms with Crippen LogP contribution >= 0.6 is 0 Å². The van der Waals surface area contributed by atoms with E-state index in [9.17, 15) is 5.11 Å². The maximum atomic E-state index is 10.2. The van der Waals surface area contributed by atoms with Gasteiger partial charge in [0.15, 0.2) is 0 Å². The molecule has 2 N–H and O–H groups in total. The number of rotatable bonds is 1. The lowest BCUT2D eigenvalue weighted by Crippen LogP contribution is -2.05. The van der Waals surface area contributed by atoms with E-state index < -0.39 is 0 Å². The predicted molar refractivity (Wildman–Crippen MR) is 90.9 cm³/mol. The van der Waals surface area contributed by atoms with E-state index in [0.717, 1.165) is 17.5 Å². The van der Waals surface area contributed by atoms with Crippen LogP contribution in [0.15, 0.2) is 24.3 Å². The van der Waals surface area contributed by atoms with Crippen LogP contribution in [0.2, 0.25) is 0 Å². The lowest BCUT2D eigenvalue weighted by atomic mass is 9.92. The van der Waals surface area contributed by atoms with Crippen LogP contribution in [0.1, 0.15) is 65.1 Å². The largest absolute Gasteiger partial charge is 0.507 e. The number of aromatic hydroxyl groups is 1. The minimum atomic E-state index is 0.366. The summed E-state index contributed by atoms with van der Waals surface area (Å²) in [4.78, 5) is 0. The van der Waals surface area contributed by atoms with Crippen molar-refractivity contribution in [2.45, 2.75) is 52.0 Å². The third-order valence-electron chi connectivity index (χ3n) is 5.52. The second kappa shape index (κ2) is 4.52. The van der Waals surface area contributed by atoms with Gasteiger partial charge in [0.1, 0.15) is 5.75 Å². The van der Waals surface area contributed by atoms with Gasteiger partial charge >= 0.3 is 0 Å². The van der Waals surface area contributed by atoms with Crippen molar-refractivity contribution in [2.75, 3.05) is 5.32 Å². The molecule has 2 aromatic carbocycles. The Balaban J connectivity index is 1.81. The Bertz CT molecular complexity index is 776. The van der Waals surface area contributed by atoms with Gasteiger partial charge in [-0.15, -0.1) is 0 Å². The van der Waals surface area contributed by atoms with Gasteiger partial charge in [-0.2, -0.15) is 0 Å². The molecule has 114 valence electrons. The Morgan fingerprint density at radius 2 is 1.91 bits per heavy atom. The Kier molecular flexibility index (Phi) is 2.81. The van der Waals surface area contributed by atoms with Crippen LogP contribution in [0.25, 0.3) is 0 Å². The van der Waals surface area contributed by atoms with Crippen LogP contribution in [0, 0.1) is 13.8 Å². The van der Waals surface area contributed by atoms with Crippen LogP contribution < -0.4 is 5.32 Å². The highest BCUT2D eigenvalue weighted by atomic mass is 16.3. The average Bonchev–Trinajstić information content (AvgIpc) is 3.01. The molecule has 1 aliphatic heterocycles. The van der Waals surface area contributed by atoms with Crippen molar-refractivity contribution >= 4 is 5.69 Å². The first-order valence-corrected chi connectivity index (χ1v) is 8.19. The molecule has 0 radical (unpaired) electrons. The Morgan fingerprint density at radius 3 is 2.64 bits per heavy atom. The SMILES string of the molecule is Cc1cc2c(c(C)c1O)C[C@@H]1c3cc(C(C)C)ccc3N[C@H]21. The monoisotopic (exact) mass is 293 g/mol. The minimum absolute atomic E-state index is 0.366. The van der Waals surface area contributed by atoms with Crippen LogP contribution in [0.3, 0.4) is 0 Å². The number of phenols is 1. The van der Waals surface area contributed by atoms with Gasteiger partial charge in [-0.05, 0) is 65.6 Å². The van der Waals surface area contributed by atoms with Crippen LogP contribution in [-0.4, -0.2) is 5.11 Å². The zero-order chi connectivity index (χ0) is 15.6. The maximum Gasteiger partial charge on any atom is 0.121 e. The van der Waals surface area contributed by atoms with E-state index in [1.54, 1.807) is 0 Å². The third-order valence-corrected chi connectivity index (χ3v) is 5.52. The van der Waals surface area contributed by atoms with Crippen molar-refractivity contribution in [1.82, 2.24) is 0 Å². The van der Waals surface area contributed by atoms with E-state index >= 15 is 0 Å². The number of hydrogen-bond donors (Lipinski definition) is 2. The Labute approximate surface area is 132 Å². The van der Waals surface area contributed by atoms with Crippen molar-refractivity contribution in [3.05, 3.63) is 57.6 Å². The highest BCUT2D eigenvalue weighted by molar-refractivity contribution is 5.67. The molecule has 0 saturated carbocycles. The highest BCUT2D eigenvalue weighted by Crippen LogP contribution is 2.53. The smallest absolute Gasteiger partial charge is 0.121 e. The summed E-state index contributed by atoms with van der Waals surface area (Å²) < 4.78 is 0. The minimum Gasteiger partial charge on any atom is -0.507 e. The molecule has 2 nitrogen and oxygen atoms in total. The number of aryl methyl sites for hydroxylation is 1. The number of anilines is 1. The molecule has 0 fully saturated rings. The molecule has 2 aliphatic rings. The molecule has 0 unspecified atom stereocenters.